The summed E-state index contributed by atoms with van der Waals surface area (Å²) >= 11 is 1.46. The second kappa shape index (κ2) is 6.10. The van der Waals surface area contributed by atoms with Crippen LogP contribution in [0.25, 0.3) is 0 Å². The zero-order valence-corrected chi connectivity index (χ0v) is 12.4. The summed E-state index contributed by atoms with van der Waals surface area (Å²) in [6.45, 7) is 2.36. The first-order chi connectivity index (χ1) is 10.3. The van der Waals surface area contributed by atoms with Gasteiger partial charge in [0, 0.05) is 31.7 Å². The van der Waals surface area contributed by atoms with Crippen molar-refractivity contribution in [2.45, 2.75) is 0 Å². The molecule has 4 nitrogen and oxygen atoms in total. The third kappa shape index (κ3) is 2.97. The van der Waals surface area contributed by atoms with Gasteiger partial charge < -0.3 is 9.80 Å². The summed E-state index contributed by atoms with van der Waals surface area (Å²) in [6, 6.07) is 13.0. The minimum Gasteiger partial charge on any atom is -0.335 e. The lowest BCUT2D eigenvalue weighted by atomic mass is 10.2. The van der Waals surface area contributed by atoms with Crippen LogP contribution in [0.3, 0.4) is 0 Å². The fourth-order valence-corrected chi connectivity index (χ4v) is 3.12. The summed E-state index contributed by atoms with van der Waals surface area (Å²) < 4.78 is 0. The van der Waals surface area contributed by atoms with E-state index in [1.54, 1.807) is 0 Å². The van der Waals surface area contributed by atoms with Crippen LogP contribution < -0.4 is 0 Å². The second-order valence-corrected chi connectivity index (χ2v) is 5.88. The molecule has 1 fully saturated rings. The van der Waals surface area contributed by atoms with E-state index in [4.69, 9.17) is 0 Å². The van der Waals surface area contributed by atoms with Crippen molar-refractivity contribution >= 4 is 23.2 Å². The van der Waals surface area contributed by atoms with Crippen molar-refractivity contribution in [3.8, 4) is 0 Å². The molecule has 2 amide bonds. The minimum atomic E-state index is 0.0406. The maximum atomic E-state index is 12.3. The van der Waals surface area contributed by atoms with Crippen LogP contribution in [0.15, 0.2) is 47.8 Å². The second-order valence-electron chi connectivity index (χ2n) is 4.93. The van der Waals surface area contributed by atoms with E-state index in [1.165, 1.54) is 11.3 Å². The van der Waals surface area contributed by atoms with Gasteiger partial charge in [-0.1, -0.05) is 24.3 Å². The van der Waals surface area contributed by atoms with Crippen LogP contribution in [0, 0.1) is 0 Å². The molecule has 1 aliphatic heterocycles. The number of carbonyl (C=O) groups is 2. The first kappa shape index (κ1) is 13.8. The Morgan fingerprint density at radius 2 is 1.43 bits per heavy atom. The zero-order valence-electron chi connectivity index (χ0n) is 11.6. The van der Waals surface area contributed by atoms with Crippen molar-refractivity contribution in [1.82, 2.24) is 9.80 Å². The van der Waals surface area contributed by atoms with Gasteiger partial charge in [0.15, 0.2) is 0 Å². The molecule has 0 saturated carbocycles. The number of hydrogen-bond acceptors (Lipinski definition) is 3. The maximum Gasteiger partial charge on any atom is 0.264 e. The van der Waals surface area contributed by atoms with Gasteiger partial charge in [-0.05, 0) is 23.6 Å². The SMILES string of the molecule is O=C(c1ccccc1)N1CCN(C(=O)c2cccs2)CC1. The third-order valence-electron chi connectivity index (χ3n) is 3.61. The van der Waals surface area contributed by atoms with Gasteiger partial charge in [-0.3, -0.25) is 9.59 Å². The maximum absolute atomic E-state index is 12.3. The Balaban J connectivity index is 1.60. The van der Waals surface area contributed by atoms with Gasteiger partial charge >= 0.3 is 0 Å². The molecule has 21 heavy (non-hydrogen) atoms. The highest BCUT2D eigenvalue weighted by atomic mass is 32.1. The van der Waals surface area contributed by atoms with E-state index in [0.29, 0.717) is 31.7 Å². The van der Waals surface area contributed by atoms with Crippen LogP contribution in [0.2, 0.25) is 0 Å². The molecule has 0 spiro atoms. The molecule has 108 valence electrons. The summed E-state index contributed by atoms with van der Waals surface area (Å²) in [5, 5.41) is 1.91. The van der Waals surface area contributed by atoms with E-state index in [1.807, 2.05) is 57.6 Å². The van der Waals surface area contributed by atoms with Gasteiger partial charge in [-0.25, -0.2) is 0 Å². The normalized spacial score (nSPS) is 15.0. The molecular formula is C16H16N2O2S. The Morgan fingerprint density at radius 1 is 0.810 bits per heavy atom. The van der Waals surface area contributed by atoms with Crippen molar-refractivity contribution < 1.29 is 9.59 Å². The minimum absolute atomic E-state index is 0.0406. The van der Waals surface area contributed by atoms with Crippen LogP contribution >= 0.6 is 11.3 Å². The van der Waals surface area contributed by atoms with Crippen LogP contribution in [-0.4, -0.2) is 47.8 Å². The van der Waals surface area contributed by atoms with E-state index in [2.05, 4.69) is 0 Å². The Hall–Kier alpha value is -2.14. The molecule has 0 unspecified atom stereocenters. The standard InChI is InChI=1S/C16H16N2O2S/c19-15(13-5-2-1-3-6-13)17-8-10-18(11-9-17)16(20)14-7-4-12-21-14/h1-7,12H,8-11H2. The Labute approximate surface area is 127 Å². The molecule has 1 aromatic heterocycles. The fraction of sp³-hybridized carbons (Fsp3) is 0.250. The first-order valence-electron chi connectivity index (χ1n) is 6.93. The number of rotatable bonds is 2. The largest absolute Gasteiger partial charge is 0.335 e. The highest BCUT2D eigenvalue weighted by Gasteiger charge is 2.25. The summed E-state index contributed by atoms with van der Waals surface area (Å²) in [5.41, 5.74) is 0.704. The topological polar surface area (TPSA) is 40.6 Å². The summed E-state index contributed by atoms with van der Waals surface area (Å²) in [6.07, 6.45) is 0. The number of hydrogen-bond donors (Lipinski definition) is 0. The van der Waals surface area contributed by atoms with Crippen molar-refractivity contribution in [3.63, 3.8) is 0 Å². The molecule has 1 saturated heterocycles. The average molecular weight is 300 g/mol. The molecule has 0 radical (unpaired) electrons. The third-order valence-corrected chi connectivity index (χ3v) is 4.46. The lowest BCUT2D eigenvalue weighted by molar-refractivity contribution is 0.0538. The lowest BCUT2D eigenvalue weighted by Gasteiger charge is -2.34. The quantitative estimate of drug-likeness (QED) is 0.854. The smallest absolute Gasteiger partial charge is 0.264 e. The van der Waals surface area contributed by atoms with E-state index in [-0.39, 0.29) is 11.8 Å². The summed E-state index contributed by atoms with van der Waals surface area (Å²) in [5.74, 6) is 0.107. The molecule has 2 aromatic rings. The highest BCUT2D eigenvalue weighted by Crippen LogP contribution is 2.15. The zero-order chi connectivity index (χ0) is 14.7. The number of carbonyl (C=O) groups excluding carboxylic acids is 2. The van der Waals surface area contributed by atoms with Crippen molar-refractivity contribution in [2.24, 2.45) is 0 Å². The van der Waals surface area contributed by atoms with Gasteiger partial charge in [0.2, 0.25) is 0 Å². The number of benzene rings is 1. The molecule has 0 aliphatic carbocycles. The number of nitrogens with zero attached hydrogens (tertiary/aromatic N) is 2. The molecule has 0 atom stereocenters. The van der Waals surface area contributed by atoms with Crippen LogP contribution in [0.5, 0.6) is 0 Å². The Morgan fingerprint density at radius 3 is 2.00 bits per heavy atom. The van der Waals surface area contributed by atoms with Gasteiger partial charge in [0.25, 0.3) is 11.8 Å². The van der Waals surface area contributed by atoms with Crippen LogP contribution in [-0.2, 0) is 0 Å². The van der Waals surface area contributed by atoms with E-state index in [9.17, 15) is 9.59 Å². The Bertz CT molecular complexity index is 617. The van der Waals surface area contributed by atoms with Gasteiger partial charge in [-0.15, -0.1) is 11.3 Å². The number of thiophene rings is 1. The molecular weight excluding hydrogens is 284 g/mol. The molecule has 5 heteroatoms. The van der Waals surface area contributed by atoms with Crippen molar-refractivity contribution in [2.75, 3.05) is 26.2 Å². The molecule has 2 heterocycles. The summed E-state index contributed by atoms with van der Waals surface area (Å²) in [7, 11) is 0. The number of amides is 2. The molecule has 3 rings (SSSR count). The first-order valence-corrected chi connectivity index (χ1v) is 7.81. The van der Waals surface area contributed by atoms with E-state index < -0.39 is 0 Å². The van der Waals surface area contributed by atoms with E-state index >= 15 is 0 Å². The Kier molecular flexibility index (Phi) is 4.01. The predicted molar refractivity (Wildman–Crippen MR) is 82.6 cm³/mol. The molecule has 1 aliphatic rings. The van der Waals surface area contributed by atoms with Crippen molar-refractivity contribution in [3.05, 3.63) is 58.3 Å². The predicted octanol–water partition coefficient (Wildman–Crippen LogP) is 2.35. The molecule has 0 bridgehead atoms. The van der Waals surface area contributed by atoms with Gasteiger partial charge in [-0.2, -0.15) is 0 Å². The fourth-order valence-electron chi connectivity index (χ4n) is 2.43. The van der Waals surface area contributed by atoms with Crippen molar-refractivity contribution in [1.29, 1.82) is 0 Å². The lowest BCUT2D eigenvalue weighted by Crippen LogP contribution is -2.50. The molecule has 1 aromatic carbocycles. The van der Waals surface area contributed by atoms with Crippen LogP contribution in [0.4, 0.5) is 0 Å². The molecule has 0 N–H and O–H groups in total. The van der Waals surface area contributed by atoms with Crippen LogP contribution in [0.1, 0.15) is 20.0 Å². The van der Waals surface area contributed by atoms with E-state index in [0.717, 1.165) is 4.88 Å². The van der Waals surface area contributed by atoms with Gasteiger partial charge in [0.1, 0.15) is 0 Å². The average Bonchev–Trinajstić information content (AvgIpc) is 3.09. The number of piperazine rings is 1. The highest BCUT2D eigenvalue weighted by molar-refractivity contribution is 7.12. The monoisotopic (exact) mass is 300 g/mol. The van der Waals surface area contributed by atoms with Gasteiger partial charge in [0.05, 0.1) is 4.88 Å². The summed E-state index contributed by atoms with van der Waals surface area (Å²) in [4.78, 5) is 29.0.